The summed E-state index contributed by atoms with van der Waals surface area (Å²) in [5.41, 5.74) is 2.57. The number of benzene rings is 1. The minimum atomic E-state index is -0.389. The monoisotopic (exact) mass is 374 g/mol. The molecule has 1 N–H and O–H groups in total. The van der Waals surface area contributed by atoms with Crippen LogP contribution in [0, 0.1) is 0 Å². The summed E-state index contributed by atoms with van der Waals surface area (Å²) in [6, 6.07) is 9.56. The van der Waals surface area contributed by atoms with Crippen LogP contribution in [-0.2, 0) is 11.2 Å². The summed E-state index contributed by atoms with van der Waals surface area (Å²) in [4.78, 5) is 25.9. The highest BCUT2D eigenvalue weighted by Gasteiger charge is 2.38. The van der Waals surface area contributed by atoms with E-state index in [2.05, 4.69) is 0 Å². The van der Waals surface area contributed by atoms with Gasteiger partial charge in [0.2, 0.25) is 0 Å². The molecule has 1 aromatic carbocycles. The molecule has 1 unspecified atom stereocenters. The summed E-state index contributed by atoms with van der Waals surface area (Å²) in [6.45, 7) is 2.05. The molecule has 4 nitrogen and oxygen atoms in total. The van der Waals surface area contributed by atoms with Crippen molar-refractivity contribution >= 4 is 34.9 Å². The third kappa shape index (κ3) is 3.12. The molecule has 130 valence electrons. The number of hydrogen-bond donors (Lipinski definition) is 1. The van der Waals surface area contributed by atoms with Crippen molar-refractivity contribution in [2.75, 3.05) is 12.9 Å². The van der Waals surface area contributed by atoms with E-state index in [0.29, 0.717) is 22.4 Å². The molecule has 0 saturated heterocycles. The quantitative estimate of drug-likeness (QED) is 0.366. The van der Waals surface area contributed by atoms with Crippen LogP contribution in [0.25, 0.3) is 0 Å². The van der Waals surface area contributed by atoms with Crippen molar-refractivity contribution in [3.05, 3.63) is 63.7 Å². The minimum Gasteiger partial charge on any atom is -0.515 e. The molecule has 1 heterocycles. The van der Waals surface area contributed by atoms with E-state index in [-0.39, 0.29) is 24.3 Å². The minimum absolute atomic E-state index is 0.214. The SMILES string of the molecule is CCOC(=O)c1sc(SC)c2c1CC(c1ccccc1)C(=CO)C2=O. The lowest BCUT2D eigenvalue weighted by atomic mass is 9.77. The first-order chi connectivity index (χ1) is 12.1. The highest BCUT2D eigenvalue weighted by atomic mass is 32.2. The maximum atomic E-state index is 13.0. The van der Waals surface area contributed by atoms with Gasteiger partial charge in [-0.1, -0.05) is 30.3 Å². The number of Topliss-reactive ketones (excluding diaryl/α,β-unsaturated/α-hetero) is 1. The van der Waals surface area contributed by atoms with Crippen molar-refractivity contribution in [2.24, 2.45) is 0 Å². The molecule has 25 heavy (non-hydrogen) atoms. The standard InChI is InChI=1S/C19H18O4S2/c1-3-23-18(22)17-13-9-12(11-7-5-4-6-8-11)14(10-20)16(21)15(13)19(24-2)25-17/h4-8,10,12,20H,3,9H2,1-2H3. The normalized spacial score (nSPS) is 18.2. The summed E-state index contributed by atoms with van der Waals surface area (Å²) >= 11 is 2.73. The molecule has 0 spiro atoms. The molecule has 1 atom stereocenters. The van der Waals surface area contributed by atoms with E-state index in [1.807, 2.05) is 36.6 Å². The fraction of sp³-hybridized carbons (Fsp3) is 0.263. The van der Waals surface area contributed by atoms with Crippen molar-refractivity contribution in [3.8, 4) is 0 Å². The van der Waals surface area contributed by atoms with Gasteiger partial charge in [-0.3, -0.25) is 4.79 Å². The number of aliphatic hydroxyl groups excluding tert-OH is 1. The van der Waals surface area contributed by atoms with Crippen LogP contribution in [0.5, 0.6) is 0 Å². The number of carbonyl (C=O) groups excluding carboxylic acids is 2. The Hall–Kier alpha value is -2.05. The van der Waals surface area contributed by atoms with Gasteiger partial charge in [-0.05, 0) is 30.7 Å². The van der Waals surface area contributed by atoms with Crippen LogP contribution in [0.3, 0.4) is 0 Å². The van der Waals surface area contributed by atoms with Gasteiger partial charge in [0.15, 0.2) is 5.78 Å². The van der Waals surface area contributed by atoms with Gasteiger partial charge in [0.1, 0.15) is 4.88 Å². The Kier molecular flexibility index (Phi) is 5.30. The zero-order valence-electron chi connectivity index (χ0n) is 13.9. The van der Waals surface area contributed by atoms with Crippen molar-refractivity contribution in [2.45, 2.75) is 23.5 Å². The Bertz CT molecular complexity index is 837. The molecule has 1 aliphatic carbocycles. The Morgan fingerprint density at radius 3 is 2.72 bits per heavy atom. The average molecular weight is 374 g/mol. The first kappa shape index (κ1) is 17.8. The van der Waals surface area contributed by atoms with Gasteiger partial charge in [-0.2, -0.15) is 0 Å². The van der Waals surface area contributed by atoms with Crippen molar-refractivity contribution in [1.29, 1.82) is 0 Å². The molecular weight excluding hydrogens is 356 g/mol. The third-order valence-corrected chi connectivity index (χ3v) is 6.57. The molecule has 0 bridgehead atoms. The maximum absolute atomic E-state index is 13.0. The zero-order valence-corrected chi connectivity index (χ0v) is 15.6. The average Bonchev–Trinajstić information content (AvgIpc) is 3.01. The number of fused-ring (bicyclic) bond motifs is 1. The molecule has 2 aromatic rings. The fourth-order valence-electron chi connectivity index (χ4n) is 3.12. The van der Waals surface area contributed by atoms with E-state index in [4.69, 9.17) is 4.74 Å². The smallest absolute Gasteiger partial charge is 0.348 e. The van der Waals surface area contributed by atoms with Gasteiger partial charge >= 0.3 is 5.97 Å². The first-order valence-corrected chi connectivity index (χ1v) is 9.97. The van der Waals surface area contributed by atoms with Crippen LogP contribution in [-0.4, -0.2) is 29.7 Å². The molecule has 6 heteroatoms. The van der Waals surface area contributed by atoms with Gasteiger partial charge in [0, 0.05) is 11.5 Å². The lowest BCUT2D eigenvalue weighted by Crippen LogP contribution is -2.23. The van der Waals surface area contributed by atoms with E-state index < -0.39 is 0 Å². The summed E-state index contributed by atoms with van der Waals surface area (Å²) in [5.74, 6) is -0.877. The van der Waals surface area contributed by atoms with Crippen molar-refractivity contribution < 1.29 is 19.4 Å². The number of hydrogen-bond acceptors (Lipinski definition) is 6. The Morgan fingerprint density at radius 1 is 1.40 bits per heavy atom. The Balaban J connectivity index is 2.15. The fourth-order valence-corrected chi connectivity index (χ4v) is 5.08. The second kappa shape index (κ2) is 7.45. The highest BCUT2D eigenvalue weighted by molar-refractivity contribution is 8.00. The lowest BCUT2D eigenvalue weighted by molar-refractivity contribution is 0.0531. The largest absolute Gasteiger partial charge is 0.515 e. The Morgan fingerprint density at radius 2 is 2.12 bits per heavy atom. The number of thioether (sulfide) groups is 1. The zero-order chi connectivity index (χ0) is 18.0. The first-order valence-electron chi connectivity index (χ1n) is 7.93. The van der Waals surface area contributed by atoms with Crippen LogP contribution in [0.2, 0.25) is 0 Å². The van der Waals surface area contributed by atoms with E-state index >= 15 is 0 Å². The van der Waals surface area contributed by atoms with Crippen LogP contribution >= 0.6 is 23.1 Å². The lowest BCUT2D eigenvalue weighted by Gasteiger charge is -2.25. The van der Waals surface area contributed by atoms with Gasteiger partial charge in [0.25, 0.3) is 0 Å². The Labute approximate surface area is 154 Å². The molecule has 0 saturated carbocycles. The number of thiophene rings is 1. The number of rotatable bonds is 4. The summed E-state index contributed by atoms with van der Waals surface area (Å²) in [5, 5.41) is 9.70. The van der Waals surface area contributed by atoms with Gasteiger partial charge < -0.3 is 9.84 Å². The summed E-state index contributed by atoms with van der Waals surface area (Å²) < 4.78 is 5.95. The molecule has 1 aromatic heterocycles. The molecule has 0 radical (unpaired) electrons. The van der Waals surface area contributed by atoms with Crippen LogP contribution in [0.4, 0.5) is 0 Å². The summed E-state index contributed by atoms with van der Waals surface area (Å²) in [6.07, 6.45) is 3.28. The van der Waals surface area contributed by atoms with E-state index in [0.717, 1.165) is 21.6 Å². The molecule has 0 amide bonds. The van der Waals surface area contributed by atoms with Crippen LogP contribution in [0.1, 0.15) is 44.0 Å². The van der Waals surface area contributed by atoms with Crippen LogP contribution in [0.15, 0.2) is 46.4 Å². The van der Waals surface area contributed by atoms with Crippen molar-refractivity contribution in [3.63, 3.8) is 0 Å². The second-order valence-corrected chi connectivity index (χ2v) is 7.67. The van der Waals surface area contributed by atoms with E-state index in [9.17, 15) is 14.7 Å². The van der Waals surface area contributed by atoms with E-state index in [1.54, 1.807) is 6.92 Å². The number of esters is 1. The van der Waals surface area contributed by atoms with Gasteiger partial charge in [-0.15, -0.1) is 23.1 Å². The molecule has 3 rings (SSSR count). The third-order valence-electron chi connectivity index (χ3n) is 4.23. The second-order valence-electron chi connectivity index (χ2n) is 5.58. The van der Waals surface area contributed by atoms with Crippen LogP contribution < -0.4 is 0 Å². The van der Waals surface area contributed by atoms with E-state index in [1.165, 1.54) is 23.1 Å². The molecule has 0 aliphatic heterocycles. The number of ketones is 1. The van der Waals surface area contributed by atoms with Crippen molar-refractivity contribution in [1.82, 2.24) is 0 Å². The summed E-state index contributed by atoms with van der Waals surface area (Å²) in [7, 11) is 0. The maximum Gasteiger partial charge on any atom is 0.348 e. The number of aliphatic hydroxyl groups is 1. The molecule has 1 aliphatic rings. The molecular formula is C19H18O4S2. The van der Waals surface area contributed by atoms with Gasteiger partial charge in [0.05, 0.1) is 22.6 Å². The highest BCUT2D eigenvalue weighted by Crippen LogP contribution is 2.45. The topological polar surface area (TPSA) is 63.6 Å². The van der Waals surface area contributed by atoms with Gasteiger partial charge in [-0.25, -0.2) is 4.79 Å². The number of carbonyl (C=O) groups is 2. The number of ether oxygens (including phenoxy) is 1. The number of allylic oxidation sites excluding steroid dienone is 1. The molecule has 0 fully saturated rings. The predicted molar refractivity (Wildman–Crippen MR) is 100.0 cm³/mol. The predicted octanol–water partition coefficient (Wildman–Crippen LogP) is 4.61.